The van der Waals surface area contributed by atoms with E-state index in [0.717, 1.165) is 77.6 Å². The molecule has 1 atom stereocenters. The first kappa shape index (κ1) is 20.4. The fourth-order valence-electron chi connectivity index (χ4n) is 4.36. The fraction of sp³-hybridized carbons (Fsp3) is 0.682. The lowest BCUT2D eigenvalue weighted by molar-refractivity contribution is -0.133. The van der Waals surface area contributed by atoms with Crippen LogP contribution < -0.4 is 15.0 Å². The second-order valence-electron chi connectivity index (χ2n) is 8.53. The monoisotopic (exact) mass is 401 g/mol. The van der Waals surface area contributed by atoms with Crippen LogP contribution in [0.4, 0.5) is 5.69 Å². The summed E-state index contributed by atoms with van der Waals surface area (Å²) in [6.45, 7) is 10.1. The number of hydrogen-bond donors (Lipinski definition) is 1. The standard InChI is InChI=1S/C22H35N5O2/c1-24-9-11-25(12-10-24)18-22(28)27-15-13-26(14-16-27)19-4-6-20(7-5-19)29-21-3-2-8-23-17-21/h4-7,21,23H,2-3,8-18H2,1H3. The number of benzene rings is 1. The highest BCUT2D eigenvalue weighted by Crippen LogP contribution is 2.22. The van der Waals surface area contributed by atoms with Crippen LogP contribution in [0.1, 0.15) is 12.8 Å². The molecule has 3 aliphatic rings. The molecule has 1 unspecified atom stereocenters. The van der Waals surface area contributed by atoms with Gasteiger partial charge in [0.1, 0.15) is 11.9 Å². The summed E-state index contributed by atoms with van der Waals surface area (Å²) in [5, 5.41) is 3.39. The van der Waals surface area contributed by atoms with Crippen molar-refractivity contribution in [2.24, 2.45) is 0 Å². The maximum absolute atomic E-state index is 12.7. The van der Waals surface area contributed by atoms with E-state index >= 15 is 0 Å². The Labute approximate surface area is 174 Å². The first-order chi connectivity index (χ1) is 14.2. The molecule has 3 heterocycles. The molecule has 0 aliphatic carbocycles. The summed E-state index contributed by atoms with van der Waals surface area (Å²) in [5.74, 6) is 1.22. The van der Waals surface area contributed by atoms with Gasteiger partial charge in [0.25, 0.3) is 0 Å². The summed E-state index contributed by atoms with van der Waals surface area (Å²) in [4.78, 5) is 21.7. The Morgan fingerprint density at radius 2 is 1.76 bits per heavy atom. The van der Waals surface area contributed by atoms with E-state index in [1.54, 1.807) is 0 Å². The van der Waals surface area contributed by atoms with E-state index in [2.05, 4.69) is 51.3 Å². The Balaban J connectivity index is 1.22. The Hall–Kier alpha value is -1.83. The maximum atomic E-state index is 12.7. The smallest absolute Gasteiger partial charge is 0.236 e. The number of nitrogens with zero attached hydrogens (tertiary/aromatic N) is 4. The van der Waals surface area contributed by atoms with Crippen molar-refractivity contribution in [1.29, 1.82) is 0 Å². The van der Waals surface area contributed by atoms with Gasteiger partial charge in [-0.3, -0.25) is 9.69 Å². The van der Waals surface area contributed by atoms with Gasteiger partial charge in [-0.05, 0) is 50.7 Å². The van der Waals surface area contributed by atoms with Crippen LogP contribution in [-0.2, 0) is 4.79 Å². The topological polar surface area (TPSA) is 51.3 Å². The lowest BCUT2D eigenvalue weighted by Gasteiger charge is -2.38. The molecule has 4 rings (SSSR count). The van der Waals surface area contributed by atoms with Crippen LogP contribution in [0.15, 0.2) is 24.3 Å². The Bertz CT molecular complexity index is 646. The van der Waals surface area contributed by atoms with Crippen molar-refractivity contribution >= 4 is 11.6 Å². The van der Waals surface area contributed by atoms with E-state index in [1.165, 1.54) is 12.1 Å². The van der Waals surface area contributed by atoms with Gasteiger partial charge in [0.2, 0.25) is 5.91 Å². The summed E-state index contributed by atoms with van der Waals surface area (Å²) in [6.07, 6.45) is 2.59. The van der Waals surface area contributed by atoms with Crippen molar-refractivity contribution in [3.05, 3.63) is 24.3 Å². The van der Waals surface area contributed by atoms with E-state index in [1.807, 2.05) is 4.90 Å². The zero-order valence-corrected chi connectivity index (χ0v) is 17.7. The fourth-order valence-corrected chi connectivity index (χ4v) is 4.36. The third kappa shape index (κ3) is 5.62. The molecule has 1 aromatic rings. The molecule has 29 heavy (non-hydrogen) atoms. The molecule has 0 saturated carbocycles. The van der Waals surface area contributed by atoms with Crippen molar-refractivity contribution in [3.63, 3.8) is 0 Å². The second kappa shape index (κ2) is 9.78. The van der Waals surface area contributed by atoms with E-state index in [9.17, 15) is 4.79 Å². The van der Waals surface area contributed by atoms with E-state index in [0.29, 0.717) is 6.54 Å². The number of carbonyl (C=O) groups excluding carboxylic acids is 1. The third-order valence-corrected chi connectivity index (χ3v) is 6.34. The molecule has 0 radical (unpaired) electrons. The second-order valence-corrected chi connectivity index (χ2v) is 8.53. The molecule has 3 aliphatic heterocycles. The SMILES string of the molecule is CN1CCN(CC(=O)N2CCN(c3ccc(OC4CCCNC4)cc3)CC2)CC1. The Morgan fingerprint density at radius 1 is 1.03 bits per heavy atom. The minimum absolute atomic E-state index is 0.277. The molecular formula is C22H35N5O2. The maximum Gasteiger partial charge on any atom is 0.236 e. The number of anilines is 1. The highest BCUT2D eigenvalue weighted by molar-refractivity contribution is 5.78. The quantitative estimate of drug-likeness (QED) is 0.785. The summed E-state index contributed by atoms with van der Waals surface area (Å²) >= 11 is 0. The number of rotatable bonds is 5. The molecule has 1 aromatic carbocycles. The largest absolute Gasteiger partial charge is 0.489 e. The van der Waals surface area contributed by atoms with Gasteiger partial charge in [-0.15, -0.1) is 0 Å². The summed E-state index contributed by atoms with van der Waals surface area (Å²) in [6, 6.07) is 8.45. The summed E-state index contributed by atoms with van der Waals surface area (Å²) in [5.41, 5.74) is 1.21. The molecule has 3 fully saturated rings. The van der Waals surface area contributed by atoms with Crippen LogP contribution in [0.3, 0.4) is 0 Å². The summed E-state index contributed by atoms with van der Waals surface area (Å²) < 4.78 is 6.08. The highest BCUT2D eigenvalue weighted by atomic mass is 16.5. The Morgan fingerprint density at radius 3 is 2.41 bits per heavy atom. The number of piperazine rings is 2. The molecule has 1 N–H and O–H groups in total. The number of nitrogens with one attached hydrogen (secondary N) is 1. The Kier molecular flexibility index (Phi) is 6.90. The van der Waals surface area contributed by atoms with Gasteiger partial charge in [-0.1, -0.05) is 0 Å². The van der Waals surface area contributed by atoms with Crippen molar-refractivity contribution < 1.29 is 9.53 Å². The zero-order valence-electron chi connectivity index (χ0n) is 17.7. The molecular weight excluding hydrogens is 366 g/mol. The highest BCUT2D eigenvalue weighted by Gasteiger charge is 2.24. The molecule has 160 valence electrons. The molecule has 1 amide bonds. The van der Waals surface area contributed by atoms with Crippen molar-refractivity contribution in [2.75, 3.05) is 83.9 Å². The van der Waals surface area contributed by atoms with Gasteiger partial charge < -0.3 is 24.8 Å². The van der Waals surface area contributed by atoms with Crippen LogP contribution in [0.2, 0.25) is 0 Å². The average Bonchev–Trinajstić information content (AvgIpc) is 2.77. The van der Waals surface area contributed by atoms with Crippen molar-refractivity contribution in [2.45, 2.75) is 18.9 Å². The number of piperidine rings is 1. The summed E-state index contributed by atoms with van der Waals surface area (Å²) in [7, 11) is 2.14. The van der Waals surface area contributed by atoms with Crippen LogP contribution >= 0.6 is 0 Å². The number of ether oxygens (including phenoxy) is 1. The molecule has 7 nitrogen and oxygen atoms in total. The van der Waals surface area contributed by atoms with E-state index in [-0.39, 0.29) is 12.0 Å². The minimum Gasteiger partial charge on any atom is -0.489 e. The average molecular weight is 402 g/mol. The lowest BCUT2D eigenvalue weighted by Crippen LogP contribution is -2.53. The normalized spacial score (nSPS) is 24.5. The van der Waals surface area contributed by atoms with E-state index in [4.69, 9.17) is 4.74 Å². The van der Waals surface area contributed by atoms with Crippen LogP contribution in [0.5, 0.6) is 5.75 Å². The predicted octanol–water partition coefficient (Wildman–Crippen LogP) is 0.713. The van der Waals surface area contributed by atoms with Crippen LogP contribution in [0, 0.1) is 0 Å². The zero-order chi connectivity index (χ0) is 20.1. The van der Waals surface area contributed by atoms with Gasteiger partial charge in [0, 0.05) is 64.6 Å². The van der Waals surface area contributed by atoms with E-state index < -0.39 is 0 Å². The van der Waals surface area contributed by atoms with Crippen LogP contribution in [0.25, 0.3) is 0 Å². The molecule has 0 spiro atoms. The molecule has 3 saturated heterocycles. The number of likely N-dealkylation sites (N-methyl/N-ethyl adjacent to an activating group) is 1. The molecule has 7 heteroatoms. The number of hydrogen-bond acceptors (Lipinski definition) is 6. The molecule has 0 bridgehead atoms. The van der Waals surface area contributed by atoms with Gasteiger partial charge in [-0.2, -0.15) is 0 Å². The first-order valence-electron chi connectivity index (χ1n) is 11.1. The van der Waals surface area contributed by atoms with Gasteiger partial charge >= 0.3 is 0 Å². The number of amides is 1. The predicted molar refractivity (Wildman–Crippen MR) is 116 cm³/mol. The first-order valence-corrected chi connectivity index (χ1v) is 11.1. The van der Waals surface area contributed by atoms with Gasteiger partial charge in [-0.25, -0.2) is 0 Å². The van der Waals surface area contributed by atoms with Crippen molar-refractivity contribution in [1.82, 2.24) is 20.0 Å². The number of carbonyl (C=O) groups is 1. The van der Waals surface area contributed by atoms with Crippen LogP contribution in [-0.4, -0.2) is 106 Å². The van der Waals surface area contributed by atoms with Gasteiger partial charge in [0.05, 0.1) is 6.54 Å². The lowest BCUT2D eigenvalue weighted by atomic mass is 10.1. The van der Waals surface area contributed by atoms with Crippen molar-refractivity contribution in [3.8, 4) is 5.75 Å². The third-order valence-electron chi connectivity index (χ3n) is 6.34. The minimum atomic E-state index is 0.277. The molecule has 0 aromatic heterocycles. The van der Waals surface area contributed by atoms with Gasteiger partial charge in [0.15, 0.2) is 0 Å².